The molecular formula is C10H10FNO3. The third kappa shape index (κ3) is 2.59. The van der Waals surface area contributed by atoms with Crippen LogP contribution in [0.5, 0.6) is 5.75 Å². The molecule has 0 aliphatic carbocycles. The first kappa shape index (κ1) is 9.76. The summed E-state index contributed by atoms with van der Waals surface area (Å²) in [6, 6.07) is 5.57. The molecule has 1 saturated heterocycles. The Kier molecular flexibility index (Phi) is 2.71. The van der Waals surface area contributed by atoms with Crippen LogP contribution in [0, 0.1) is 5.82 Å². The minimum atomic E-state index is -0.428. The first-order valence-corrected chi connectivity index (χ1v) is 4.56. The quantitative estimate of drug-likeness (QED) is 0.820. The number of ether oxygens (including phenoxy) is 2. The fourth-order valence-electron chi connectivity index (χ4n) is 1.24. The summed E-state index contributed by atoms with van der Waals surface area (Å²) in [5, 5.41) is 2.58. The molecule has 0 saturated carbocycles. The number of hydrogen-bond donors (Lipinski definition) is 1. The molecule has 4 nitrogen and oxygen atoms in total. The van der Waals surface area contributed by atoms with E-state index in [1.165, 1.54) is 24.3 Å². The molecular weight excluding hydrogens is 201 g/mol. The number of rotatable bonds is 3. The molecule has 2 rings (SSSR count). The van der Waals surface area contributed by atoms with Crippen molar-refractivity contribution in [2.75, 3.05) is 13.2 Å². The zero-order chi connectivity index (χ0) is 10.7. The predicted molar refractivity (Wildman–Crippen MR) is 50.2 cm³/mol. The first-order valence-electron chi connectivity index (χ1n) is 4.56. The third-order valence-electron chi connectivity index (χ3n) is 2.00. The average molecular weight is 211 g/mol. The van der Waals surface area contributed by atoms with E-state index >= 15 is 0 Å². The van der Waals surface area contributed by atoms with Gasteiger partial charge in [0.25, 0.3) is 0 Å². The Morgan fingerprint density at radius 2 is 2.20 bits per heavy atom. The predicted octanol–water partition coefficient (Wildman–Crippen LogP) is 1.31. The Bertz CT molecular complexity index is 352. The molecule has 0 radical (unpaired) electrons. The third-order valence-corrected chi connectivity index (χ3v) is 2.00. The number of halogens is 1. The average Bonchev–Trinajstić information content (AvgIpc) is 2.64. The molecule has 0 spiro atoms. The van der Waals surface area contributed by atoms with E-state index in [1.807, 2.05) is 0 Å². The number of carbonyl (C=O) groups is 1. The van der Waals surface area contributed by atoms with Crippen molar-refractivity contribution < 1.29 is 18.7 Å². The van der Waals surface area contributed by atoms with Gasteiger partial charge in [0.1, 0.15) is 30.8 Å². The molecule has 1 fully saturated rings. The van der Waals surface area contributed by atoms with Crippen molar-refractivity contribution in [3.05, 3.63) is 30.1 Å². The maximum atomic E-state index is 12.5. The maximum Gasteiger partial charge on any atom is 0.407 e. The highest BCUT2D eigenvalue weighted by Gasteiger charge is 2.22. The van der Waals surface area contributed by atoms with Crippen molar-refractivity contribution in [1.29, 1.82) is 0 Å². The molecule has 0 unspecified atom stereocenters. The zero-order valence-electron chi connectivity index (χ0n) is 7.90. The van der Waals surface area contributed by atoms with Crippen LogP contribution < -0.4 is 10.1 Å². The van der Waals surface area contributed by atoms with Crippen molar-refractivity contribution >= 4 is 6.09 Å². The van der Waals surface area contributed by atoms with E-state index in [0.29, 0.717) is 19.0 Å². The Morgan fingerprint density at radius 3 is 2.80 bits per heavy atom. The first-order chi connectivity index (χ1) is 7.24. The highest BCUT2D eigenvalue weighted by atomic mass is 19.1. The van der Waals surface area contributed by atoms with Crippen LogP contribution in [0.3, 0.4) is 0 Å². The number of amides is 1. The summed E-state index contributed by atoms with van der Waals surface area (Å²) in [5.41, 5.74) is 0. The van der Waals surface area contributed by atoms with Crippen LogP contribution in [0.25, 0.3) is 0 Å². The van der Waals surface area contributed by atoms with Gasteiger partial charge in [-0.2, -0.15) is 0 Å². The lowest BCUT2D eigenvalue weighted by molar-refractivity contribution is 0.174. The summed E-state index contributed by atoms with van der Waals surface area (Å²) in [5.74, 6) is 0.261. The van der Waals surface area contributed by atoms with Crippen molar-refractivity contribution in [3.8, 4) is 5.75 Å². The maximum absolute atomic E-state index is 12.5. The van der Waals surface area contributed by atoms with Crippen LogP contribution in [-0.4, -0.2) is 25.3 Å². The molecule has 0 bridgehead atoms. The lowest BCUT2D eigenvalue weighted by Crippen LogP contribution is -2.32. The fraction of sp³-hybridized carbons (Fsp3) is 0.300. The van der Waals surface area contributed by atoms with Crippen LogP contribution in [0.4, 0.5) is 9.18 Å². The van der Waals surface area contributed by atoms with Crippen LogP contribution in [0.15, 0.2) is 24.3 Å². The molecule has 1 heterocycles. The second-order valence-electron chi connectivity index (χ2n) is 3.20. The van der Waals surface area contributed by atoms with Crippen LogP contribution in [-0.2, 0) is 4.74 Å². The molecule has 1 amide bonds. The number of carbonyl (C=O) groups excluding carboxylic acids is 1. The number of hydrogen-bond acceptors (Lipinski definition) is 3. The molecule has 1 aliphatic rings. The Morgan fingerprint density at radius 1 is 1.47 bits per heavy atom. The lowest BCUT2D eigenvalue weighted by Gasteiger charge is -2.09. The SMILES string of the molecule is O=C1N[C@H](COc2ccc(F)cc2)CO1. The Hall–Kier alpha value is -1.78. The normalized spacial score (nSPS) is 19.5. The van der Waals surface area contributed by atoms with Crippen molar-refractivity contribution in [2.45, 2.75) is 6.04 Å². The van der Waals surface area contributed by atoms with E-state index in [-0.39, 0.29) is 11.9 Å². The second-order valence-corrected chi connectivity index (χ2v) is 3.20. The molecule has 1 atom stereocenters. The van der Waals surface area contributed by atoms with E-state index in [0.717, 1.165) is 0 Å². The lowest BCUT2D eigenvalue weighted by atomic mass is 10.3. The van der Waals surface area contributed by atoms with E-state index in [4.69, 9.17) is 4.74 Å². The number of nitrogens with one attached hydrogen (secondary N) is 1. The van der Waals surface area contributed by atoms with Gasteiger partial charge in [-0.15, -0.1) is 0 Å². The van der Waals surface area contributed by atoms with E-state index in [1.54, 1.807) is 0 Å². The molecule has 1 N–H and O–H groups in total. The molecule has 80 valence electrons. The van der Waals surface area contributed by atoms with Gasteiger partial charge in [0, 0.05) is 0 Å². The number of cyclic esters (lactones) is 1. The summed E-state index contributed by atoms with van der Waals surface area (Å²) >= 11 is 0. The molecule has 5 heteroatoms. The zero-order valence-corrected chi connectivity index (χ0v) is 7.90. The molecule has 1 aromatic rings. The molecule has 1 aromatic carbocycles. The van der Waals surface area contributed by atoms with Gasteiger partial charge in [-0.3, -0.25) is 0 Å². The van der Waals surface area contributed by atoms with Crippen molar-refractivity contribution in [1.82, 2.24) is 5.32 Å². The van der Waals surface area contributed by atoms with Gasteiger partial charge in [-0.05, 0) is 24.3 Å². The largest absolute Gasteiger partial charge is 0.491 e. The van der Waals surface area contributed by atoms with Crippen LogP contribution in [0.1, 0.15) is 0 Å². The fourth-order valence-corrected chi connectivity index (χ4v) is 1.24. The van der Waals surface area contributed by atoms with E-state index in [2.05, 4.69) is 10.1 Å². The number of benzene rings is 1. The Balaban J connectivity index is 1.83. The van der Waals surface area contributed by atoms with Crippen LogP contribution >= 0.6 is 0 Å². The van der Waals surface area contributed by atoms with Crippen molar-refractivity contribution in [2.24, 2.45) is 0 Å². The summed E-state index contributed by atoms with van der Waals surface area (Å²) < 4.78 is 22.6. The van der Waals surface area contributed by atoms with Crippen molar-refractivity contribution in [3.63, 3.8) is 0 Å². The highest BCUT2D eigenvalue weighted by Crippen LogP contribution is 2.11. The van der Waals surface area contributed by atoms with Gasteiger partial charge < -0.3 is 14.8 Å². The summed E-state index contributed by atoms with van der Waals surface area (Å²) in [6.45, 7) is 0.622. The number of alkyl carbamates (subject to hydrolysis) is 1. The molecule has 0 aromatic heterocycles. The van der Waals surface area contributed by atoms with Gasteiger partial charge in [0.2, 0.25) is 0 Å². The smallest absolute Gasteiger partial charge is 0.407 e. The second kappa shape index (κ2) is 4.16. The van der Waals surface area contributed by atoms with Gasteiger partial charge in [-0.1, -0.05) is 0 Å². The van der Waals surface area contributed by atoms with E-state index in [9.17, 15) is 9.18 Å². The van der Waals surface area contributed by atoms with Crippen LogP contribution in [0.2, 0.25) is 0 Å². The van der Waals surface area contributed by atoms with Gasteiger partial charge in [0.05, 0.1) is 0 Å². The molecule has 15 heavy (non-hydrogen) atoms. The van der Waals surface area contributed by atoms with E-state index < -0.39 is 6.09 Å². The molecule has 1 aliphatic heterocycles. The van der Waals surface area contributed by atoms with Gasteiger partial charge in [0.15, 0.2) is 0 Å². The summed E-state index contributed by atoms with van der Waals surface area (Å²) in [6.07, 6.45) is -0.428. The van der Waals surface area contributed by atoms with Gasteiger partial charge >= 0.3 is 6.09 Å². The summed E-state index contributed by atoms with van der Waals surface area (Å²) in [7, 11) is 0. The topological polar surface area (TPSA) is 47.6 Å². The van der Waals surface area contributed by atoms with Gasteiger partial charge in [-0.25, -0.2) is 9.18 Å². The highest BCUT2D eigenvalue weighted by molar-refractivity contribution is 5.69. The minimum absolute atomic E-state index is 0.137. The Labute approximate surface area is 86.0 Å². The monoisotopic (exact) mass is 211 g/mol. The standard InChI is InChI=1S/C10H10FNO3/c11-7-1-3-9(4-2-7)14-5-8-6-15-10(13)12-8/h1-4,8H,5-6H2,(H,12,13)/t8-/m1/s1. The minimum Gasteiger partial charge on any atom is -0.491 e. The summed E-state index contributed by atoms with van der Waals surface area (Å²) in [4.78, 5) is 10.7.